The van der Waals surface area contributed by atoms with Crippen molar-refractivity contribution in [2.24, 2.45) is 5.73 Å². The van der Waals surface area contributed by atoms with E-state index in [9.17, 15) is 0 Å². The predicted octanol–water partition coefficient (Wildman–Crippen LogP) is 2.87. The molecule has 0 aliphatic carbocycles. The van der Waals surface area contributed by atoms with Crippen LogP contribution in [0.3, 0.4) is 0 Å². The van der Waals surface area contributed by atoms with E-state index in [1.807, 2.05) is 0 Å². The lowest BCUT2D eigenvalue weighted by Crippen LogP contribution is -2.31. The smallest absolute Gasteiger partial charge is 0.0511 e. The highest BCUT2D eigenvalue weighted by molar-refractivity contribution is 9.10. The summed E-state index contributed by atoms with van der Waals surface area (Å²) in [4.78, 5) is 4.79. The fraction of sp³-hybridized carbons (Fsp3) is 0.625. The Labute approximate surface area is 131 Å². The second kappa shape index (κ2) is 6.92. The quantitative estimate of drug-likeness (QED) is 0.895. The van der Waals surface area contributed by atoms with E-state index in [1.54, 1.807) is 0 Å². The highest BCUT2D eigenvalue weighted by atomic mass is 79.9. The molecule has 2 N–H and O–H groups in total. The predicted molar refractivity (Wildman–Crippen MR) is 90.4 cm³/mol. The summed E-state index contributed by atoms with van der Waals surface area (Å²) in [6.07, 6.45) is 3.22. The molecule has 1 aromatic carbocycles. The third-order valence-electron chi connectivity index (χ3n) is 4.27. The van der Waals surface area contributed by atoms with E-state index in [2.05, 4.69) is 64.9 Å². The normalized spacial score (nSPS) is 20.7. The van der Waals surface area contributed by atoms with Gasteiger partial charge in [-0.15, -0.1) is 0 Å². The largest absolute Gasteiger partial charge is 0.369 e. The Morgan fingerprint density at radius 2 is 2.20 bits per heavy atom. The zero-order chi connectivity index (χ0) is 14.7. The molecule has 2 rings (SSSR count). The molecule has 4 heteroatoms. The first-order chi connectivity index (χ1) is 9.51. The van der Waals surface area contributed by atoms with Crippen molar-refractivity contribution in [1.29, 1.82) is 0 Å². The molecule has 1 aliphatic heterocycles. The molecular weight excluding hydrogens is 314 g/mol. The molecule has 3 nitrogen and oxygen atoms in total. The van der Waals surface area contributed by atoms with Crippen molar-refractivity contribution in [3.05, 3.63) is 28.2 Å². The number of likely N-dealkylation sites (N-methyl/N-ethyl adjacent to an activating group) is 1. The summed E-state index contributed by atoms with van der Waals surface area (Å²) in [5.41, 5.74) is 8.66. The molecule has 0 bridgehead atoms. The summed E-state index contributed by atoms with van der Waals surface area (Å²) in [5, 5.41) is 0. The molecule has 112 valence electrons. The van der Waals surface area contributed by atoms with Crippen LogP contribution < -0.4 is 10.6 Å². The van der Waals surface area contributed by atoms with Crippen molar-refractivity contribution in [2.45, 2.75) is 38.3 Å². The second-order valence-electron chi connectivity index (χ2n) is 6.01. The molecule has 0 saturated carbocycles. The van der Waals surface area contributed by atoms with Gasteiger partial charge in [-0.3, -0.25) is 0 Å². The number of benzene rings is 1. The topological polar surface area (TPSA) is 32.5 Å². The van der Waals surface area contributed by atoms with E-state index in [4.69, 9.17) is 5.73 Å². The zero-order valence-electron chi connectivity index (χ0n) is 12.8. The van der Waals surface area contributed by atoms with Gasteiger partial charge in [0, 0.05) is 29.6 Å². The van der Waals surface area contributed by atoms with E-state index in [-0.39, 0.29) is 6.04 Å². The Bertz CT molecular complexity index is 447. The van der Waals surface area contributed by atoms with Crippen molar-refractivity contribution in [1.82, 2.24) is 4.90 Å². The average molecular weight is 340 g/mol. The first-order valence-corrected chi connectivity index (χ1v) is 8.26. The van der Waals surface area contributed by atoms with Crippen LogP contribution in [0.5, 0.6) is 0 Å². The highest BCUT2D eigenvalue weighted by Crippen LogP contribution is 2.31. The van der Waals surface area contributed by atoms with Crippen molar-refractivity contribution >= 4 is 21.6 Å². The zero-order valence-corrected chi connectivity index (χ0v) is 14.4. The first-order valence-electron chi connectivity index (χ1n) is 7.46. The Balaban J connectivity index is 2.07. The van der Waals surface area contributed by atoms with Gasteiger partial charge in [-0.05, 0) is 67.0 Å². The van der Waals surface area contributed by atoms with Crippen LogP contribution in [0, 0.1) is 0 Å². The molecule has 0 spiro atoms. The highest BCUT2D eigenvalue weighted by Gasteiger charge is 2.25. The van der Waals surface area contributed by atoms with Gasteiger partial charge in [0.05, 0.1) is 5.69 Å². The summed E-state index contributed by atoms with van der Waals surface area (Å²) >= 11 is 3.73. The first kappa shape index (κ1) is 15.8. The monoisotopic (exact) mass is 339 g/mol. The van der Waals surface area contributed by atoms with Gasteiger partial charge in [0.15, 0.2) is 0 Å². The van der Waals surface area contributed by atoms with Gasteiger partial charge in [0.25, 0.3) is 0 Å². The Morgan fingerprint density at radius 3 is 2.75 bits per heavy atom. The molecule has 1 aliphatic rings. The van der Waals surface area contributed by atoms with Crippen molar-refractivity contribution in [3.63, 3.8) is 0 Å². The molecular formula is C16H26BrN3. The lowest BCUT2D eigenvalue weighted by Gasteiger charge is -2.23. The number of rotatable bonds is 5. The molecule has 2 unspecified atom stereocenters. The molecule has 20 heavy (non-hydrogen) atoms. The number of hydrogen-bond donors (Lipinski definition) is 1. The van der Waals surface area contributed by atoms with Crippen LogP contribution in [0.1, 0.15) is 25.3 Å². The van der Waals surface area contributed by atoms with Crippen LogP contribution in [-0.2, 0) is 6.42 Å². The van der Waals surface area contributed by atoms with Gasteiger partial charge < -0.3 is 15.5 Å². The van der Waals surface area contributed by atoms with Gasteiger partial charge in [-0.25, -0.2) is 0 Å². The molecule has 0 amide bonds. The van der Waals surface area contributed by atoms with Crippen LogP contribution >= 0.6 is 15.9 Å². The third kappa shape index (κ3) is 3.74. The number of nitrogens with zero attached hydrogens (tertiary/aromatic N) is 2. The van der Waals surface area contributed by atoms with Gasteiger partial charge in [0.1, 0.15) is 0 Å². The third-order valence-corrected chi connectivity index (χ3v) is 4.90. The summed E-state index contributed by atoms with van der Waals surface area (Å²) in [7, 11) is 4.33. The SMILES string of the molecule is CCC(N)Cc1ccc(N2CCC(N(C)C)C2)c(Br)c1. The molecule has 0 aromatic heterocycles. The standard InChI is InChI=1S/C16H26BrN3/c1-4-13(18)9-12-5-6-16(15(17)10-12)20-8-7-14(11-20)19(2)3/h5-6,10,13-14H,4,7-9,11,18H2,1-3H3. The van der Waals surface area contributed by atoms with Gasteiger partial charge in [-0.2, -0.15) is 0 Å². The van der Waals surface area contributed by atoms with Gasteiger partial charge >= 0.3 is 0 Å². The molecule has 1 fully saturated rings. The fourth-order valence-corrected chi connectivity index (χ4v) is 3.44. The maximum Gasteiger partial charge on any atom is 0.0511 e. The average Bonchev–Trinajstić information content (AvgIpc) is 2.88. The van der Waals surface area contributed by atoms with E-state index >= 15 is 0 Å². The van der Waals surface area contributed by atoms with Crippen LogP contribution in [0.25, 0.3) is 0 Å². The minimum Gasteiger partial charge on any atom is -0.369 e. The minimum atomic E-state index is 0.262. The fourth-order valence-electron chi connectivity index (χ4n) is 2.76. The maximum absolute atomic E-state index is 6.04. The van der Waals surface area contributed by atoms with Crippen molar-refractivity contribution in [3.8, 4) is 0 Å². The number of halogens is 1. The summed E-state index contributed by atoms with van der Waals surface area (Å²) in [6, 6.07) is 7.61. The van der Waals surface area contributed by atoms with Crippen molar-refractivity contribution in [2.75, 3.05) is 32.1 Å². The van der Waals surface area contributed by atoms with Crippen LogP contribution in [0.4, 0.5) is 5.69 Å². The van der Waals surface area contributed by atoms with Gasteiger partial charge in [-0.1, -0.05) is 13.0 Å². The number of hydrogen-bond acceptors (Lipinski definition) is 3. The second-order valence-corrected chi connectivity index (χ2v) is 6.86. The number of anilines is 1. The summed E-state index contributed by atoms with van der Waals surface area (Å²) < 4.78 is 1.19. The lowest BCUT2D eigenvalue weighted by atomic mass is 10.0. The molecule has 0 radical (unpaired) electrons. The summed E-state index contributed by atoms with van der Waals surface area (Å²) in [6.45, 7) is 4.38. The molecule has 1 heterocycles. The lowest BCUT2D eigenvalue weighted by molar-refractivity contribution is 0.315. The van der Waals surface area contributed by atoms with E-state index in [0.29, 0.717) is 6.04 Å². The van der Waals surface area contributed by atoms with E-state index < -0.39 is 0 Å². The summed E-state index contributed by atoms with van der Waals surface area (Å²) in [5.74, 6) is 0. The number of nitrogens with two attached hydrogens (primary N) is 1. The van der Waals surface area contributed by atoms with E-state index in [0.717, 1.165) is 25.9 Å². The van der Waals surface area contributed by atoms with Crippen molar-refractivity contribution < 1.29 is 0 Å². The Morgan fingerprint density at radius 1 is 1.45 bits per heavy atom. The van der Waals surface area contributed by atoms with Crippen LogP contribution in [0.15, 0.2) is 22.7 Å². The Hall–Kier alpha value is -0.580. The Kier molecular flexibility index (Phi) is 5.47. The van der Waals surface area contributed by atoms with Gasteiger partial charge in [0.2, 0.25) is 0 Å². The van der Waals surface area contributed by atoms with E-state index in [1.165, 1.54) is 22.1 Å². The maximum atomic E-state index is 6.04. The van der Waals surface area contributed by atoms with Crippen LogP contribution in [-0.4, -0.2) is 44.2 Å². The minimum absolute atomic E-state index is 0.262. The van der Waals surface area contributed by atoms with Crippen LogP contribution in [0.2, 0.25) is 0 Å². The molecule has 2 atom stereocenters. The molecule has 1 aromatic rings. The molecule has 1 saturated heterocycles.